The molecule has 0 atom stereocenters. The van der Waals surface area contributed by atoms with Crippen LogP contribution in [-0.4, -0.2) is 54.3 Å². The summed E-state index contributed by atoms with van der Waals surface area (Å²) in [4.78, 5) is 32.7. The van der Waals surface area contributed by atoms with Crippen molar-refractivity contribution >= 4 is 23.1 Å². The molecule has 5 heteroatoms. The van der Waals surface area contributed by atoms with Gasteiger partial charge >= 0.3 is 0 Å². The van der Waals surface area contributed by atoms with Crippen LogP contribution in [0.1, 0.15) is 38.2 Å². The van der Waals surface area contributed by atoms with E-state index in [0.29, 0.717) is 17.8 Å². The summed E-state index contributed by atoms with van der Waals surface area (Å²) in [5, 5.41) is 0. The highest BCUT2D eigenvalue weighted by Gasteiger charge is 2.41. The third kappa shape index (κ3) is 4.50. The monoisotopic (exact) mass is 417 g/mol. The lowest BCUT2D eigenvalue weighted by molar-refractivity contribution is -0.137. The van der Waals surface area contributed by atoms with E-state index in [9.17, 15) is 9.59 Å². The normalized spacial score (nSPS) is 17.1. The number of anilines is 1. The number of piperazine rings is 1. The van der Waals surface area contributed by atoms with Gasteiger partial charge < -0.3 is 9.80 Å². The lowest BCUT2D eigenvalue weighted by atomic mass is 10.0. The second-order valence-corrected chi connectivity index (χ2v) is 8.22. The molecule has 2 aliphatic heterocycles. The number of hydrogen-bond donors (Lipinski definition) is 0. The first kappa shape index (κ1) is 21.2. The molecule has 1 saturated heterocycles. The third-order valence-corrected chi connectivity index (χ3v) is 6.16. The van der Waals surface area contributed by atoms with Gasteiger partial charge in [0.15, 0.2) is 0 Å². The summed E-state index contributed by atoms with van der Waals surface area (Å²) in [6, 6.07) is 20.0. The van der Waals surface area contributed by atoms with Crippen molar-refractivity contribution in [2.45, 2.75) is 32.6 Å². The van der Waals surface area contributed by atoms with Gasteiger partial charge in [-0.1, -0.05) is 74.7 Å². The van der Waals surface area contributed by atoms with E-state index in [2.05, 4.69) is 28.9 Å². The Balaban J connectivity index is 1.56. The van der Waals surface area contributed by atoms with E-state index in [4.69, 9.17) is 0 Å². The van der Waals surface area contributed by atoms with Gasteiger partial charge in [0.2, 0.25) is 0 Å². The molecular weight excluding hydrogens is 386 g/mol. The number of nitrogens with zero attached hydrogens (tertiary/aromatic N) is 3. The molecule has 162 valence electrons. The fourth-order valence-corrected chi connectivity index (χ4v) is 4.45. The Morgan fingerprint density at radius 2 is 1.32 bits per heavy atom. The van der Waals surface area contributed by atoms with Crippen LogP contribution in [0.4, 0.5) is 5.69 Å². The van der Waals surface area contributed by atoms with Crippen molar-refractivity contribution in [3.63, 3.8) is 0 Å². The van der Waals surface area contributed by atoms with E-state index < -0.39 is 0 Å². The first-order chi connectivity index (χ1) is 15.2. The number of unbranched alkanes of at least 4 members (excludes halogenated alkanes) is 3. The number of benzene rings is 2. The van der Waals surface area contributed by atoms with Gasteiger partial charge in [0, 0.05) is 38.4 Å². The minimum atomic E-state index is -0.145. The van der Waals surface area contributed by atoms with Crippen LogP contribution in [0, 0.1) is 0 Å². The molecule has 1 fully saturated rings. The maximum atomic E-state index is 13.4. The average molecular weight is 418 g/mol. The molecule has 0 bridgehead atoms. The van der Waals surface area contributed by atoms with Crippen LogP contribution >= 0.6 is 0 Å². The van der Waals surface area contributed by atoms with Crippen molar-refractivity contribution < 1.29 is 9.59 Å². The minimum Gasteiger partial charge on any atom is -0.368 e. The van der Waals surface area contributed by atoms with Crippen molar-refractivity contribution in [3.8, 4) is 0 Å². The van der Waals surface area contributed by atoms with Gasteiger partial charge in [-0.3, -0.25) is 14.5 Å². The molecule has 2 amide bonds. The average Bonchev–Trinajstić information content (AvgIpc) is 3.07. The molecule has 0 radical (unpaired) electrons. The molecule has 2 aromatic rings. The number of imide groups is 1. The lowest BCUT2D eigenvalue weighted by Crippen LogP contribution is -2.47. The summed E-state index contributed by atoms with van der Waals surface area (Å²) in [6.45, 7) is 5.77. The molecule has 2 heterocycles. The van der Waals surface area contributed by atoms with E-state index in [1.54, 1.807) is 0 Å². The van der Waals surface area contributed by atoms with Crippen LogP contribution in [0.2, 0.25) is 0 Å². The Labute approximate surface area is 184 Å². The highest BCUT2D eigenvalue weighted by Crippen LogP contribution is 2.32. The number of carbonyl (C=O) groups excluding carboxylic acids is 2. The fourth-order valence-electron chi connectivity index (χ4n) is 4.45. The summed E-state index contributed by atoms with van der Waals surface area (Å²) in [5.74, 6) is -0.276. The summed E-state index contributed by atoms with van der Waals surface area (Å²) in [5.41, 5.74) is 3.18. The van der Waals surface area contributed by atoms with Gasteiger partial charge in [0.25, 0.3) is 11.8 Å². The lowest BCUT2D eigenvalue weighted by Gasteiger charge is -2.37. The second kappa shape index (κ2) is 9.82. The van der Waals surface area contributed by atoms with Gasteiger partial charge in [0.1, 0.15) is 5.70 Å². The van der Waals surface area contributed by atoms with Gasteiger partial charge in [-0.15, -0.1) is 0 Å². The molecule has 4 rings (SSSR count). The van der Waals surface area contributed by atoms with Gasteiger partial charge in [0.05, 0.1) is 5.57 Å². The molecular formula is C26H31N3O2. The molecule has 0 aromatic heterocycles. The Kier molecular flexibility index (Phi) is 6.70. The van der Waals surface area contributed by atoms with Crippen molar-refractivity contribution in [1.82, 2.24) is 9.80 Å². The number of rotatable bonds is 8. The summed E-state index contributed by atoms with van der Waals surface area (Å²) >= 11 is 0. The molecule has 0 N–H and O–H groups in total. The molecule has 0 aliphatic carbocycles. The highest BCUT2D eigenvalue weighted by atomic mass is 16.2. The fraction of sp³-hybridized carbons (Fsp3) is 0.385. The Morgan fingerprint density at radius 1 is 0.710 bits per heavy atom. The summed E-state index contributed by atoms with van der Waals surface area (Å²) in [6.07, 6.45) is 4.16. The smallest absolute Gasteiger partial charge is 0.277 e. The first-order valence-electron chi connectivity index (χ1n) is 11.4. The second-order valence-electron chi connectivity index (χ2n) is 8.22. The predicted octanol–water partition coefficient (Wildman–Crippen LogP) is 4.17. The van der Waals surface area contributed by atoms with Crippen molar-refractivity contribution in [2.24, 2.45) is 0 Å². The third-order valence-electron chi connectivity index (χ3n) is 6.16. The van der Waals surface area contributed by atoms with E-state index >= 15 is 0 Å². The number of carbonyl (C=O) groups is 2. The standard InChI is InChI=1S/C26H31N3O2/c1-2-3-4-11-16-29-25(30)23(21-12-7-5-8-13-21)24(26(29)31)28-19-17-27(18-20-28)22-14-9-6-10-15-22/h5-10,12-15H,2-4,11,16-20H2,1H3. The van der Waals surface area contributed by atoms with E-state index in [0.717, 1.165) is 57.4 Å². The first-order valence-corrected chi connectivity index (χ1v) is 11.4. The van der Waals surface area contributed by atoms with Crippen molar-refractivity contribution in [1.29, 1.82) is 0 Å². The van der Waals surface area contributed by atoms with Crippen LogP contribution in [0.25, 0.3) is 5.57 Å². The zero-order chi connectivity index (χ0) is 21.6. The summed E-state index contributed by atoms with van der Waals surface area (Å²) in [7, 11) is 0. The highest BCUT2D eigenvalue weighted by molar-refractivity contribution is 6.35. The van der Waals surface area contributed by atoms with Gasteiger partial charge in [-0.2, -0.15) is 0 Å². The Morgan fingerprint density at radius 3 is 1.97 bits per heavy atom. The quantitative estimate of drug-likeness (QED) is 0.478. The minimum absolute atomic E-state index is 0.131. The largest absolute Gasteiger partial charge is 0.368 e. The van der Waals surface area contributed by atoms with Crippen LogP contribution in [0.15, 0.2) is 66.4 Å². The van der Waals surface area contributed by atoms with E-state index in [1.165, 1.54) is 10.6 Å². The van der Waals surface area contributed by atoms with Crippen LogP contribution in [0.3, 0.4) is 0 Å². The number of para-hydroxylation sites is 1. The van der Waals surface area contributed by atoms with Crippen molar-refractivity contribution in [3.05, 3.63) is 71.9 Å². The maximum absolute atomic E-state index is 13.4. The Bertz CT molecular complexity index is 932. The molecule has 2 aromatic carbocycles. The topological polar surface area (TPSA) is 43.9 Å². The van der Waals surface area contributed by atoms with Crippen LogP contribution in [-0.2, 0) is 9.59 Å². The molecule has 5 nitrogen and oxygen atoms in total. The molecule has 0 unspecified atom stereocenters. The van der Waals surface area contributed by atoms with Crippen molar-refractivity contribution in [2.75, 3.05) is 37.6 Å². The zero-order valence-electron chi connectivity index (χ0n) is 18.3. The van der Waals surface area contributed by atoms with E-state index in [-0.39, 0.29) is 11.8 Å². The molecule has 2 aliphatic rings. The van der Waals surface area contributed by atoms with Gasteiger partial charge in [-0.05, 0) is 24.1 Å². The summed E-state index contributed by atoms with van der Waals surface area (Å²) < 4.78 is 0. The zero-order valence-corrected chi connectivity index (χ0v) is 18.3. The van der Waals surface area contributed by atoms with E-state index in [1.807, 2.05) is 48.5 Å². The molecule has 0 saturated carbocycles. The predicted molar refractivity (Wildman–Crippen MR) is 124 cm³/mol. The Hall–Kier alpha value is -3.08. The van der Waals surface area contributed by atoms with Crippen LogP contribution < -0.4 is 4.90 Å². The number of amides is 2. The van der Waals surface area contributed by atoms with Gasteiger partial charge in [-0.25, -0.2) is 0 Å². The molecule has 0 spiro atoms. The molecule has 31 heavy (non-hydrogen) atoms. The maximum Gasteiger partial charge on any atom is 0.277 e. The SMILES string of the molecule is CCCCCCN1C(=O)C(c2ccccc2)=C(N2CCN(c3ccccc3)CC2)C1=O. The van der Waals surface area contributed by atoms with Crippen LogP contribution in [0.5, 0.6) is 0 Å². The number of hydrogen-bond acceptors (Lipinski definition) is 4.